The Bertz CT molecular complexity index is 301. The van der Waals surface area contributed by atoms with Gasteiger partial charge in [-0.05, 0) is 0 Å². The van der Waals surface area contributed by atoms with Crippen LogP contribution in [-0.2, 0) is 14.2 Å². The molecule has 0 bridgehead atoms. The normalized spacial score (nSPS) is 27.8. The molecule has 3 heterocycles. The first kappa shape index (κ1) is 12.2. The summed E-state index contributed by atoms with van der Waals surface area (Å²) in [7, 11) is 0. The fourth-order valence-electron chi connectivity index (χ4n) is 2.78. The summed E-state index contributed by atoms with van der Waals surface area (Å²) in [4.78, 5) is 16.0. The van der Waals surface area contributed by atoms with Gasteiger partial charge in [-0.2, -0.15) is 0 Å². The minimum atomic E-state index is -0.401. The predicted molar refractivity (Wildman–Crippen MR) is 63.2 cm³/mol. The molecule has 3 aliphatic rings. The first-order valence-electron chi connectivity index (χ1n) is 6.69. The van der Waals surface area contributed by atoms with E-state index in [1.54, 1.807) is 0 Å². The molecule has 3 aliphatic heterocycles. The van der Waals surface area contributed by atoms with Crippen LogP contribution in [0.5, 0.6) is 0 Å². The Morgan fingerprint density at radius 2 is 1.39 bits per heavy atom. The third-order valence-corrected chi connectivity index (χ3v) is 3.89. The first-order valence-corrected chi connectivity index (χ1v) is 6.69. The van der Waals surface area contributed by atoms with Crippen molar-refractivity contribution in [3.05, 3.63) is 0 Å². The molecule has 0 aliphatic carbocycles. The molecular weight excluding hydrogens is 236 g/mol. The van der Waals surface area contributed by atoms with Crippen molar-refractivity contribution >= 4 is 6.03 Å². The standard InChI is InChI=1S/C12H20N2O4/c15-11(14-5-7-16-8-6-14)13-3-1-12(2-4-13)17-9-10-18-12/h1-10H2. The van der Waals surface area contributed by atoms with Gasteiger partial charge in [-0.3, -0.25) is 0 Å². The Morgan fingerprint density at radius 1 is 0.833 bits per heavy atom. The van der Waals surface area contributed by atoms with Crippen molar-refractivity contribution in [1.29, 1.82) is 0 Å². The first-order chi connectivity index (χ1) is 8.79. The molecule has 0 aromatic heterocycles. The van der Waals surface area contributed by atoms with Crippen LogP contribution < -0.4 is 0 Å². The van der Waals surface area contributed by atoms with Crippen LogP contribution in [0.1, 0.15) is 12.8 Å². The van der Waals surface area contributed by atoms with E-state index in [1.165, 1.54) is 0 Å². The van der Waals surface area contributed by atoms with E-state index in [4.69, 9.17) is 14.2 Å². The number of likely N-dealkylation sites (tertiary alicyclic amines) is 1. The maximum atomic E-state index is 12.3. The van der Waals surface area contributed by atoms with Gasteiger partial charge in [0.25, 0.3) is 0 Å². The quantitative estimate of drug-likeness (QED) is 0.624. The van der Waals surface area contributed by atoms with E-state index < -0.39 is 5.79 Å². The number of ether oxygens (including phenoxy) is 3. The molecule has 0 unspecified atom stereocenters. The molecule has 18 heavy (non-hydrogen) atoms. The van der Waals surface area contributed by atoms with Crippen molar-refractivity contribution in [2.24, 2.45) is 0 Å². The summed E-state index contributed by atoms with van der Waals surface area (Å²) >= 11 is 0. The third kappa shape index (κ3) is 2.32. The smallest absolute Gasteiger partial charge is 0.320 e. The van der Waals surface area contributed by atoms with Crippen LogP contribution in [-0.4, -0.2) is 74.2 Å². The van der Waals surface area contributed by atoms with Crippen molar-refractivity contribution in [2.45, 2.75) is 18.6 Å². The highest BCUT2D eigenvalue weighted by Crippen LogP contribution is 2.31. The van der Waals surface area contributed by atoms with Crippen LogP contribution in [0, 0.1) is 0 Å². The Labute approximate surface area is 107 Å². The molecule has 2 amide bonds. The molecule has 0 aromatic rings. The van der Waals surface area contributed by atoms with Crippen molar-refractivity contribution < 1.29 is 19.0 Å². The molecule has 0 aromatic carbocycles. The van der Waals surface area contributed by atoms with E-state index in [0.717, 1.165) is 25.9 Å². The zero-order valence-electron chi connectivity index (χ0n) is 10.6. The zero-order valence-corrected chi connectivity index (χ0v) is 10.6. The Hall–Kier alpha value is -0.850. The molecule has 6 nitrogen and oxygen atoms in total. The summed E-state index contributed by atoms with van der Waals surface area (Å²) in [6.07, 6.45) is 1.56. The van der Waals surface area contributed by atoms with Crippen LogP contribution >= 0.6 is 0 Å². The number of hydrogen-bond donors (Lipinski definition) is 0. The highest BCUT2D eigenvalue weighted by atomic mass is 16.7. The van der Waals surface area contributed by atoms with Gasteiger partial charge >= 0.3 is 6.03 Å². The summed E-state index contributed by atoms with van der Waals surface area (Å²) in [5, 5.41) is 0. The third-order valence-electron chi connectivity index (χ3n) is 3.89. The molecule has 3 fully saturated rings. The molecular formula is C12H20N2O4. The molecule has 102 valence electrons. The number of amides is 2. The minimum Gasteiger partial charge on any atom is -0.378 e. The number of rotatable bonds is 0. The monoisotopic (exact) mass is 256 g/mol. The number of nitrogens with zero attached hydrogens (tertiary/aromatic N) is 2. The number of morpholine rings is 1. The predicted octanol–water partition coefficient (Wildman–Crippen LogP) is 0.278. The van der Waals surface area contributed by atoms with Crippen molar-refractivity contribution in [3.63, 3.8) is 0 Å². The van der Waals surface area contributed by atoms with E-state index in [1.807, 2.05) is 9.80 Å². The van der Waals surface area contributed by atoms with Crippen LogP contribution in [0.3, 0.4) is 0 Å². The summed E-state index contributed by atoms with van der Waals surface area (Å²) in [5.74, 6) is -0.401. The number of carbonyl (C=O) groups is 1. The van der Waals surface area contributed by atoms with Gasteiger partial charge in [-0.25, -0.2) is 4.79 Å². The lowest BCUT2D eigenvalue weighted by Gasteiger charge is -2.40. The lowest BCUT2D eigenvalue weighted by Crippen LogP contribution is -2.53. The van der Waals surface area contributed by atoms with Crippen LogP contribution in [0.15, 0.2) is 0 Å². The molecule has 0 atom stereocenters. The maximum Gasteiger partial charge on any atom is 0.320 e. The molecule has 3 saturated heterocycles. The SMILES string of the molecule is O=C(N1CCOCC1)N1CCC2(CC1)OCCO2. The second-order valence-corrected chi connectivity index (χ2v) is 4.98. The Morgan fingerprint density at radius 3 is 2.00 bits per heavy atom. The molecule has 0 N–H and O–H groups in total. The summed E-state index contributed by atoms with van der Waals surface area (Å²) in [6.45, 7) is 5.49. The van der Waals surface area contributed by atoms with Crippen LogP contribution in [0.25, 0.3) is 0 Å². The van der Waals surface area contributed by atoms with Gasteiger partial charge in [0.15, 0.2) is 5.79 Å². The van der Waals surface area contributed by atoms with Crippen molar-refractivity contribution in [1.82, 2.24) is 9.80 Å². The molecule has 6 heteroatoms. The molecule has 0 radical (unpaired) electrons. The zero-order chi connectivity index (χ0) is 12.4. The molecule has 3 rings (SSSR count). The largest absolute Gasteiger partial charge is 0.378 e. The topological polar surface area (TPSA) is 51.2 Å². The van der Waals surface area contributed by atoms with Gasteiger partial charge in [0.2, 0.25) is 0 Å². The Kier molecular flexibility index (Phi) is 3.41. The summed E-state index contributed by atoms with van der Waals surface area (Å²) in [6, 6.07) is 0.131. The fraction of sp³-hybridized carbons (Fsp3) is 0.917. The van der Waals surface area contributed by atoms with Crippen molar-refractivity contribution in [3.8, 4) is 0 Å². The second kappa shape index (κ2) is 5.03. The molecule has 1 spiro atoms. The van der Waals surface area contributed by atoms with Crippen LogP contribution in [0.4, 0.5) is 4.79 Å². The van der Waals surface area contributed by atoms with Crippen LogP contribution in [0.2, 0.25) is 0 Å². The van der Waals surface area contributed by atoms with Gasteiger partial charge < -0.3 is 24.0 Å². The average Bonchev–Trinajstić information content (AvgIpc) is 2.88. The van der Waals surface area contributed by atoms with Gasteiger partial charge in [-0.1, -0.05) is 0 Å². The van der Waals surface area contributed by atoms with Gasteiger partial charge in [0, 0.05) is 39.0 Å². The minimum absolute atomic E-state index is 0.131. The second-order valence-electron chi connectivity index (χ2n) is 4.98. The van der Waals surface area contributed by atoms with E-state index in [2.05, 4.69) is 0 Å². The van der Waals surface area contributed by atoms with E-state index in [9.17, 15) is 4.79 Å². The number of piperidine rings is 1. The highest BCUT2D eigenvalue weighted by molar-refractivity contribution is 5.74. The van der Waals surface area contributed by atoms with Gasteiger partial charge in [0.05, 0.1) is 26.4 Å². The molecule has 0 saturated carbocycles. The summed E-state index contributed by atoms with van der Waals surface area (Å²) < 4.78 is 16.6. The number of hydrogen-bond acceptors (Lipinski definition) is 4. The van der Waals surface area contributed by atoms with E-state index >= 15 is 0 Å². The van der Waals surface area contributed by atoms with Gasteiger partial charge in [0.1, 0.15) is 0 Å². The number of carbonyl (C=O) groups excluding carboxylic acids is 1. The number of urea groups is 1. The van der Waals surface area contributed by atoms with Crippen molar-refractivity contribution in [2.75, 3.05) is 52.6 Å². The van der Waals surface area contributed by atoms with E-state index in [0.29, 0.717) is 39.5 Å². The van der Waals surface area contributed by atoms with Gasteiger partial charge in [-0.15, -0.1) is 0 Å². The highest BCUT2D eigenvalue weighted by Gasteiger charge is 2.41. The lowest BCUT2D eigenvalue weighted by atomic mass is 10.0. The fourth-order valence-corrected chi connectivity index (χ4v) is 2.78. The average molecular weight is 256 g/mol. The lowest BCUT2D eigenvalue weighted by molar-refractivity contribution is -0.182. The summed E-state index contributed by atoms with van der Waals surface area (Å²) in [5.41, 5.74) is 0. The maximum absolute atomic E-state index is 12.3. The van der Waals surface area contributed by atoms with E-state index in [-0.39, 0.29) is 6.03 Å². The Balaban J connectivity index is 1.53.